The highest BCUT2D eigenvalue weighted by atomic mass is 35.5. The summed E-state index contributed by atoms with van der Waals surface area (Å²) in [7, 11) is 0. The highest BCUT2D eigenvalue weighted by molar-refractivity contribution is 6.31. The van der Waals surface area contributed by atoms with Gasteiger partial charge in [0.05, 0.1) is 11.1 Å². The van der Waals surface area contributed by atoms with Crippen molar-refractivity contribution >= 4 is 11.6 Å². The molecule has 1 heterocycles. The number of hydrogen-bond acceptors (Lipinski definition) is 2. The maximum atomic E-state index is 14.0. The van der Waals surface area contributed by atoms with Gasteiger partial charge in [0.25, 0.3) is 0 Å². The van der Waals surface area contributed by atoms with Gasteiger partial charge in [0.2, 0.25) is 0 Å². The summed E-state index contributed by atoms with van der Waals surface area (Å²) in [5.74, 6) is -0.287. The smallest absolute Gasteiger partial charge is 0.146 e. The van der Waals surface area contributed by atoms with E-state index in [9.17, 15) is 4.39 Å². The molecule has 0 saturated heterocycles. The minimum atomic E-state index is -0.287. The molecule has 1 saturated carbocycles. The number of halogens is 2. The Hall–Kier alpha value is -1.58. The second kappa shape index (κ2) is 5.25. The van der Waals surface area contributed by atoms with Gasteiger partial charge in [0.15, 0.2) is 0 Å². The molecule has 0 radical (unpaired) electrons. The van der Waals surface area contributed by atoms with E-state index in [-0.39, 0.29) is 22.4 Å². The van der Waals surface area contributed by atoms with Crippen LogP contribution in [0.2, 0.25) is 0 Å². The molecule has 2 nitrogen and oxygen atoms in total. The summed E-state index contributed by atoms with van der Waals surface area (Å²) in [5.41, 5.74) is 3.16. The van der Waals surface area contributed by atoms with Gasteiger partial charge < -0.3 is 10.6 Å². The van der Waals surface area contributed by atoms with Crippen molar-refractivity contribution in [3.63, 3.8) is 0 Å². The van der Waals surface area contributed by atoms with Crippen molar-refractivity contribution in [2.24, 2.45) is 0 Å². The molecule has 1 atom stereocenters. The standard InChI is InChI=1S/C18H18ClFN2/c19-15-6-7-16-14(17(15)20)10-13(22-16)11-21-18(8-9-18)12-4-2-1-3-5-12/h1-6,10,16,21-22H,7-9,11H2. The van der Waals surface area contributed by atoms with Crippen molar-refractivity contribution in [1.82, 2.24) is 10.6 Å². The Kier molecular flexibility index (Phi) is 3.35. The number of hydrogen-bond donors (Lipinski definition) is 2. The normalized spacial score (nSPS) is 25.3. The van der Waals surface area contributed by atoms with Crippen molar-refractivity contribution < 1.29 is 4.39 Å². The van der Waals surface area contributed by atoms with Crippen LogP contribution in [-0.4, -0.2) is 12.6 Å². The first kappa shape index (κ1) is 14.0. The number of fused-ring (bicyclic) bond motifs is 1. The fourth-order valence-corrected chi connectivity index (χ4v) is 3.50. The van der Waals surface area contributed by atoms with E-state index < -0.39 is 0 Å². The van der Waals surface area contributed by atoms with E-state index >= 15 is 0 Å². The molecule has 22 heavy (non-hydrogen) atoms. The first-order valence-corrected chi connectivity index (χ1v) is 8.09. The molecule has 1 aromatic carbocycles. The maximum Gasteiger partial charge on any atom is 0.146 e. The molecule has 2 N–H and O–H groups in total. The van der Waals surface area contributed by atoms with Crippen LogP contribution in [0, 0.1) is 0 Å². The average Bonchev–Trinajstić information content (AvgIpc) is 3.23. The molecule has 2 aliphatic carbocycles. The van der Waals surface area contributed by atoms with Crippen LogP contribution in [0.25, 0.3) is 0 Å². The van der Waals surface area contributed by atoms with Crippen molar-refractivity contribution in [3.05, 3.63) is 70.2 Å². The van der Waals surface area contributed by atoms with Gasteiger partial charge in [-0.25, -0.2) is 4.39 Å². The fraction of sp³-hybridized carbons (Fsp3) is 0.333. The molecular formula is C18H18ClFN2. The lowest BCUT2D eigenvalue weighted by molar-refractivity contribution is 0.528. The summed E-state index contributed by atoms with van der Waals surface area (Å²) in [6, 6.07) is 10.6. The zero-order chi connectivity index (χ0) is 15.2. The van der Waals surface area contributed by atoms with Crippen LogP contribution in [0.1, 0.15) is 24.8 Å². The van der Waals surface area contributed by atoms with Crippen molar-refractivity contribution in [2.45, 2.75) is 30.8 Å². The van der Waals surface area contributed by atoms with Crippen LogP contribution < -0.4 is 10.6 Å². The minimum Gasteiger partial charge on any atom is -0.380 e. The lowest BCUT2D eigenvalue weighted by Crippen LogP contribution is -2.35. The molecule has 1 fully saturated rings. The summed E-state index contributed by atoms with van der Waals surface area (Å²) >= 11 is 5.88. The highest BCUT2D eigenvalue weighted by Crippen LogP contribution is 2.45. The third-order valence-electron chi connectivity index (χ3n) is 4.75. The lowest BCUT2D eigenvalue weighted by Gasteiger charge is -2.20. The molecule has 1 aromatic rings. The first-order valence-electron chi connectivity index (χ1n) is 7.71. The van der Waals surface area contributed by atoms with Crippen LogP contribution in [-0.2, 0) is 5.54 Å². The van der Waals surface area contributed by atoms with Crippen LogP contribution in [0.4, 0.5) is 4.39 Å². The molecule has 0 amide bonds. The minimum absolute atomic E-state index is 0.0335. The Bertz CT molecular complexity index is 686. The van der Waals surface area contributed by atoms with Gasteiger partial charge in [0, 0.05) is 23.4 Å². The van der Waals surface area contributed by atoms with Crippen LogP contribution in [0.3, 0.4) is 0 Å². The predicted molar refractivity (Wildman–Crippen MR) is 87.1 cm³/mol. The fourth-order valence-electron chi connectivity index (χ4n) is 3.30. The van der Waals surface area contributed by atoms with E-state index in [1.54, 1.807) is 6.08 Å². The average molecular weight is 317 g/mol. The van der Waals surface area contributed by atoms with Crippen LogP contribution >= 0.6 is 11.6 Å². The number of benzene rings is 1. The molecule has 114 valence electrons. The lowest BCUT2D eigenvalue weighted by atomic mass is 10.0. The van der Waals surface area contributed by atoms with Gasteiger partial charge in [-0.05, 0) is 30.9 Å². The summed E-state index contributed by atoms with van der Waals surface area (Å²) in [5, 5.41) is 7.27. The maximum absolute atomic E-state index is 14.0. The second-order valence-electron chi connectivity index (χ2n) is 6.23. The van der Waals surface area contributed by atoms with Gasteiger partial charge in [-0.1, -0.05) is 48.0 Å². The number of rotatable bonds is 4. The van der Waals surface area contributed by atoms with Gasteiger partial charge >= 0.3 is 0 Å². The van der Waals surface area contributed by atoms with Gasteiger partial charge in [-0.2, -0.15) is 0 Å². The molecule has 0 aromatic heterocycles. The van der Waals surface area contributed by atoms with E-state index in [0.717, 1.165) is 31.5 Å². The third-order valence-corrected chi connectivity index (χ3v) is 5.07. The van der Waals surface area contributed by atoms with E-state index in [0.29, 0.717) is 5.57 Å². The summed E-state index contributed by atoms with van der Waals surface area (Å²) in [6.07, 6.45) is 6.69. The molecule has 1 aliphatic heterocycles. The Labute approximate surface area is 134 Å². The summed E-state index contributed by atoms with van der Waals surface area (Å²) in [4.78, 5) is 0. The number of allylic oxidation sites excluding steroid dienone is 2. The second-order valence-corrected chi connectivity index (χ2v) is 6.63. The SMILES string of the molecule is FC1=C2C=C(CNC3(c4ccccc4)CC3)NC2CC=C1Cl. The zero-order valence-electron chi connectivity index (χ0n) is 12.2. The molecule has 4 heteroatoms. The molecule has 0 spiro atoms. The topological polar surface area (TPSA) is 24.1 Å². The van der Waals surface area contributed by atoms with E-state index in [1.165, 1.54) is 5.56 Å². The number of nitrogens with one attached hydrogen (secondary N) is 2. The largest absolute Gasteiger partial charge is 0.380 e. The Morgan fingerprint density at radius 1 is 1.27 bits per heavy atom. The molecule has 4 rings (SSSR count). The van der Waals surface area contributed by atoms with E-state index in [1.807, 2.05) is 12.1 Å². The van der Waals surface area contributed by atoms with Crippen molar-refractivity contribution in [2.75, 3.05) is 6.54 Å². The first-order chi connectivity index (χ1) is 10.7. The summed E-state index contributed by atoms with van der Waals surface area (Å²) in [6.45, 7) is 0.722. The molecule has 1 unspecified atom stereocenters. The molecule has 3 aliphatic rings. The highest BCUT2D eigenvalue weighted by Gasteiger charge is 2.44. The Morgan fingerprint density at radius 2 is 2.05 bits per heavy atom. The quantitative estimate of drug-likeness (QED) is 0.881. The van der Waals surface area contributed by atoms with Crippen LogP contribution in [0.5, 0.6) is 0 Å². The van der Waals surface area contributed by atoms with Crippen molar-refractivity contribution in [3.8, 4) is 0 Å². The van der Waals surface area contributed by atoms with Gasteiger partial charge in [0.1, 0.15) is 5.83 Å². The van der Waals surface area contributed by atoms with Crippen LogP contribution in [0.15, 0.2) is 64.6 Å². The van der Waals surface area contributed by atoms with E-state index in [4.69, 9.17) is 11.6 Å². The van der Waals surface area contributed by atoms with Gasteiger partial charge in [-0.15, -0.1) is 0 Å². The monoisotopic (exact) mass is 316 g/mol. The zero-order valence-corrected chi connectivity index (χ0v) is 13.0. The Morgan fingerprint density at radius 3 is 2.77 bits per heavy atom. The van der Waals surface area contributed by atoms with Gasteiger partial charge in [-0.3, -0.25) is 0 Å². The molecular weight excluding hydrogens is 299 g/mol. The molecule has 0 bridgehead atoms. The summed E-state index contributed by atoms with van der Waals surface area (Å²) < 4.78 is 14.0. The third kappa shape index (κ3) is 2.38. The predicted octanol–water partition coefficient (Wildman–Crippen LogP) is 3.87. The Balaban J connectivity index is 1.47. The van der Waals surface area contributed by atoms with E-state index in [2.05, 4.69) is 34.9 Å². The van der Waals surface area contributed by atoms with Crippen molar-refractivity contribution in [1.29, 1.82) is 0 Å².